The number of nitrogens with zero attached hydrogens (tertiary/aromatic N) is 5. The van der Waals surface area contributed by atoms with E-state index >= 15 is 0 Å². The molecule has 39 heavy (non-hydrogen) atoms. The van der Waals surface area contributed by atoms with E-state index in [-0.39, 0.29) is 5.97 Å². The Bertz CT molecular complexity index is 1530. The third-order valence-electron chi connectivity index (χ3n) is 6.54. The lowest BCUT2D eigenvalue weighted by molar-refractivity contribution is 0.0527. The standard InChI is InChI=1S/C30H32N6O3/c1-3-38-30(37)29-22(2)35(21-23-11-6-4-7-12-23)27-16-15-25(19-26(27)29)39-18-10-17-31-20-28-32-33-34-36(28)24-13-8-5-9-14-24/h4-9,11-16,19,31H,3,10,17-18,20-21H2,1-2H3. The number of nitrogens with one attached hydrogen (secondary N) is 1. The number of ether oxygens (including phenoxy) is 2. The Morgan fingerprint density at radius 2 is 1.77 bits per heavy atom. The number of hydrogen-bond donors (Lipinski definition) is 1. The molecule has 5 aromatic rings. The minimum atomic E-state index is -0.314. The highest BCUT2D eigenvalue weighted by Gasteiger charge is 2.21. The molecule has 0 atom stereocenters. The van der Waals surface area contributed by atoms with Gasteiger partial charge in [-0.1, -0.05) is 48.5 Å². The fourth-order valence-corrected chi connectivity index (χ4v) is 4.65. The van der Waals surface area contributed by atoms with Gasteiger partial charge in [0, 0.05) is 23.1 Å². The van der Waals surface area contributed by atoms with Crippen molar-refractivity contribution in [3.05, 3.63) is 102 Å². The first kappa shape index (κ1) is 26.1. The van der Waals surface area contributed by atoms with Gasteiger partial charge >= 0.3 is 5.97 Å². The van der Waals surface area contributed by atoms with E-state index < -0.39 is 0 Å². The summed E-state index contributed by atoms with van der Waals surface area (Å²) in [5, 5.41) is 16.2. The van der Waals surface area contributed by atoms with E-state index in [1.165, 1.54) is 5.56 Å². The average molecular weight is 525 g/mol. The summed E-state index contributed by atoms with van der Waals surface area (Å²) in [4.78, 5) is 12.9. The number of aromatic nitrogens is 5. The van der Waals surface area contributed by atoms with Crippen molar-refractivity contribution >= 4 is 16.9 Å². The molecule has 0 fully saturated rings. The van der Waals surface area contributed by atoms with Crippen LogP contribution >= 0.6 is 0 Å². The van der Waals surface area contributed by atoms with Crippen molar-refractivity contribution < 1.29 is 14.3 Å². The van der Waals surface area contributed by atoms with Crippen LogP contribution in [-0.4, -0.2) is 50.5 Å². The Labute approximate surface area is 227 Å². The summed E-state index contributed by atoms with van der Waals surface area (Å²) < 4.78 is 15.3. The van der Waals surface area contributed by atoms with Gasteiger partial charge in [-0.15, -0.1) is 5.10 Å². The van der Waals surface area contributed by atoms with Crippen LogP contribution in [-0.2, 0) is 17.8 Å². The van der Waals surface area contributed by atoms with Gasteiger partial charge in [-0.25, -0.2) is 4.79 Å². The molecule has 200 valence electrons. The smallest absolute Gasteiger partial charge is 0.340 e. The van der Waals surface area contributed by atoms with E-state index in [0.29, 0.717) is 31.9 Å². The minimum Gasteiger partial charge on any atom is -0.494 e. The SMILES string of the molecule is CCOC(=O)c1c(C)n(Cc2ccccc2)c2ccc(OCCCNCc3nnnn3-c3ccccc3)cc12. The summed E-state index contributed by atoms with van der Waals surface area (Å²) in [7, 11) is 0. The highest BCUT2D eigenvalue weighted by atomic mass is 16.5. The summed E-state index contributed by atoms with van der Waals surface area (Å²) in [5.41, 5.74) is 4.54. The molecule has 0 aliphatic heterocycles. The van der Waals surface area contributed by atoms with Crippen LogP contribution in [0.2, 0.25) is 0 Å². The average Bonchev–Trinajstić information content (AvgIpc) is 3.54. The molecule has 0 saturated carbocycles. The predicted molar refractivity (Wildman–Crippen MR) is 149 cm³/mol. The topological polar surface area (TPSA) is 96.1 Å². The van der Waals surface area contributed by atoms with Crippen molar-refractivity contribution in [1.29, 1.82) is 0 Å². The van der Waals surface area contributed by atoms with E-state index in [0.717, 1.165) is 46.8 Å². The van der Waals surface area contributed by atoms with E-state index in [1.807, 2.05) is 80.6 Å². The van der Waals surface area contributed by atoms with E-state index in [9.17, 15) is 4.79 Å². The van der Waals surface area contributed by atoms with Gasteiger partial charge in [0.25, 0.3) is 0 Å². The quantitative estimate of drug-likeness (QED) is 0.187. The maximum Gasteiger partial charge on any atom is 0.340 e. The van der Waals surface area contributed by atoms with Gasteiger partial charge in [0.1, 0.15) is 5.75 Å². The van der Waals surface area contributed by atoms with Crippen LogP contribution in [0.3, 0.4) is 0 Å². The first-order valence-corrected chi connectivity index (χ1v) is 13.2. The van der Waals surface area contributed by atoms with Gasteiger partial charge in [0.15, 0.2) is 5.82 Å². The Morgan fingerprint density at radius 1 is 1.00 bits per heavy atom. The second-order valence-electron chi connectivity index (χ2n) is 9.15. The predicted octanol–water partition coefficient (Wildman–Crippen LogP) is 4.71. The molecule has 0 spiro atoms. The summed E-state index contributed by atoms with van der Waals surface area (Å²) in [5.74, 6) is 1.15. The van der Waals surface area contributed by atoms with E-state index in [1.54, 1.807) is 4.68 Å². The first-order valence-electron chi connectivity index (χ1n) is 13.2. The molecule has 0 saturated heterocycles. The van der Waals surface area contributed by atoms with Crippen molar-refractivity contribution in [2.45, 2.75) is 33.4 Å². The van der Waals surface area contributed by atoms with Gasteiger partial charge in [-0.05, 0) is 73.1 Å². The molecule has 0 amide bonds. The number of fused-ring (bicyclic) bond motifs is 1. The zero-order valence-corrected chi connectivity index (χ0v) is 22.2. The van der Waals surface area contributed by atoms with Crippen molar-refractivity contribution in [2.75, 3.05) is 19.8 Å². The third-order valence-corrected chi connectivity index (χ3v) is 6.54. The van der Waals surface area contributed by atoms with Crippen LogP contribution in [0.15, 0.2) is 78.9 Å². The number of tetrazole rings is 1. The second kappa shape index (κ2) is 12.4. The molecule has 1 N–H and O–H groups in total. The molecule has 9 nitrogen and oxygen atoms in total. The van der Waals surface area contributed by atoms with E-state index in [4.69, 9.17) is 9.47 Å². The lowest BCUT2D eigenvalue weighted by atomic mass is 10.1. The number of benzene rings is 3. The molecule has 0 aliphatic rings. The number of carbonyl (C=O) groups excluding carboxylic acids is 1. The van der Waals surface area contributed by atoms with Crippen LogP contribution in [0.5, 0.6) is 5.75 Å². The number of esters is 1. The van der Waals surface area contributed by atoms with Crippen LogP contribution in [0.4, 0.5) is 0 Å². The molecule has 3 aromatic carbocycles. The Hall–Kier alpha value is -4.50. The molecule has 2 aromatic heterocycles. The highest BCUT2D eigenvalue weighted by Crippen LogP contribution is 2.31. The number of rotatable bonds is 12. The van der Waals surface area contributed by atoms with Crippen molar-refractivity contribution in [2.24, 2.45) is 0 Å². The molecule has 5 rings (SSSR count). The zero-order chi connectivity index (χ0) is 27.0. The Balaban J connectivity index is 1.22. The largest absolute Gasteiger partial charge is 0.494 e. The zero-order valence-electron chi connectivity index (χ0n) is 22.2. The third kappa shape index (κ3) is 5.99. The van der Waals surface area contributed by atoms with Crippen LogP contribution < -0.4 is 10.1 Å². The molecule has 0 radical (unpaired) electrons. The molecule has 2 heterocycles. The summed E-state index contributed by atoms with van der Waals surface area (Å²) >= 11 is 0. The van der Waals surface area contributed by atoms with E-state index in [2.05, 4.69) is 37.5 Å². The lowest BCUT2D eigenvalue weighted by Gasteiger charge is -2.10. The molecule has 0 aliphatic carbocycles. The first-order chi connectivity index (χ1) is 19.2. The summed E-state index contributed by atoms with van der Waals surface area (Å²) in [6.45, 7) is 6.60. The fraction of sp³-hybridized carbons (Fsp3) is 0.267. The number of para-hydroxylation sites is 1. The van der Waals surface area contributed by atoms with Crippen LogP contribution in [0, 0.1) is 6.92 Å². The molecule has 0 unspecified atom stereocenters. The van der Waals surface area contributed by atoms with Gasteiger partial charge < -0.3 is 19.4 Å². The van der Waals surface area contributed by atoms with Gasteiger partial charge in [0.05, 0.1) is 31.0 Å². The molecule has 0 bridgehead atoms. The maximum absolute atomic E-state index is 12.9. The Morgan fingerprint density at radius 3 is 2.54 bits per heavy atom. The van der Waals surface area contributed by atoms with Gasteiger partial charge in [0.2, 0.25) is 0 Å². The maximum atomic E-state index is 12.9. The van der Waals surface area contributed by atoms with Crippen molar-refractivity contribution in [1.82, 2.24) is 30.1 Å². The number of carbonyl (C=O) groups is 1. The van der Waals surface area contributed by atoms with Crippen LogP contribution in [0.1, 0.15) is 40.8 Å². The van der Waals surface area contributed by atoms with Crippen molar-refractivity contribution in [3.63, 3.8) is 0 Å². The summed E-state index contributed by atoms with van der Waals surface area (Å²) in [6, 6.07) is 25.9. The normalized spacial score (nSPS) is 11.1. The van der Waals surface area contributed by atoms with Gasteiger partial charge in [-0.2, -0.15) is 4.68 Å². The van der Waals surface area contributed by atoms with Crippen LogP contribution in [0.25, 0.3) is 16.6 Å². The highest BCUT2D eigenvalue weighted by molar-refractivity contribution is 6.06. The molecule has 9 heteroatoms. The second-order valence-corrected chi connectivity index (χ2v) is 9.15. The lowest BCUT2D eigenvalue weighted by Crippen LogP contribution is -2.19. The van der Waals surface area contributed by atoms with Gasteiger partial charge in [-0.3, -0.25) is 0 Å². The number of hydrogen-bond acceptors (Lipinski definition) is 7. The molecular weight excluding hydrogens is 492 g/mol. The monoisotopic (exact) mass is 524 g/mol. The minimum absolute atomic E-state index is 0.314. The molecular formula is C30H32N6O3. The summed E-state index contributed by atoms with van der Waals surface area (Å²) in [6.07, 6.45) is 0.795. The van der Waals surface area contributed by atoms with Crippen molar-refractivity contribution in [3.8, 4) is 11.4 Å². The Kier molecular flexibility index (Phi) is 8.28. The fourth-order valence-electron chi connectivity index (χ4n) is 4.65.